The van der Waals surface area contributed by atoms with Crippen molar-refractivity contribution in [1.29, 1.82) is 0 Å². The number of halogens is 1. The largest absolute Gasteiger partial charge is 0.167 e. The van der Waals surface area contributed by atoms with Gasteiger partial charge in [0.05, 0.1) is 0 Å². The van der Waals surface area contributed by atoms with Gasteiger partial charge in [-0.05, 0) is 5.54 Å². The molecular weight excluding hydrogens is 304 g/mol. The van der Waals surface area contributed by atoms with Crippen LogP contribution in [0.15, 0.2) is 0 Å². The van der Waals surface area contributed by atoms with E-state index in [1.54, 1.807) is 0 Å². The molecule has 22 heavy (non-hydrogen) atoms. The number of unbranched alkanes of at least 4 members (excludes halogenated alkanes) is 11. The molecule has 0 fully saturated rings. The highest BCUT2D eigenvalue weighted by Gasteiger charge is 2.28. The van der Waals surface area contributed by atoms with Crippen molar-refractivity contribution in [2.45, 2.75) is 129 Å². The van der Waals surface area contributed by atoms with Crippen molar-refractivity contribution < 1.29 is 0 Å². The zero-order valence-corrected chi connectivity index (χ0v) is 17.8. The van der Waals surface area contributed by atoms with Gasteiger partial charge < -0.3 is 0 Å². The SMILES string of the molecule is CCCCCCCCCC(CCCCCCCC)[Si](C)(C)Cl. The lowest BCUT2D eigenvalue weighted by Crippen LogP contribution is -2.25. The van der Waals surface area contributed by atoms with Gasteiger partial charge in [0.25, 0.3) is 0 Å². The Morgan fingerprint density at radius 1 is 0.591 bits per heavy atom. The predicted molar refractivity (Wildman–Crippen MR) is 108 cm³/mol. The molecule has 0 aliphatic heterocycles. The van der Waals surface area contributed by atoms with Gasteiger partial charge in [-0.15, -0.1) is 0 Å². The molecule has 0 aromatic carbocycles. The van der Waals surface area contributed by atoms with Crippen LogP contribution in [0.4, 0.5) is 0 Å². The quantitative estimate of drug-likeness (QED) is 0.149. The van der Waals surface area contributed by atoms with Crippen molar-refractivity contribution in [2.24, 2.45) is 0 Å². The molecule has 0 spiro atoms. The summed E-state index contributed by atoms with van der Waals surface area (Å²) in [5, 5.41) is 0. The molecule has 0 N–H and O–H groups in total. The predicted octanol–water partition coefficient (Wildman–Crippen LogP) is 8.69. The van der Waals surface area contributed by atoms with Gasteiger partial charge in [0, 0.05) is 0 Å². The van der Waals surface area contributed by atoms with Crippen molar-refractivity contribution in [3.8, 4) is 0 Å². The zero-order chi connectivity index (χ0) is 16.7. The molecule has 0 heterocycles. The highest BCUT2D eigenvalue weighted by Crippen LogP contribution is 2.35. The molecule has 0 radical (unpaired) electrons. The molecule has 0 aliphatic rings. The molecule has 134 valence electrons. The van der Waals surface area contributed by atoms with Gasteiger partial charge in [0.1, 0.15) is 0 Å². The highest BCUT2D eigenvalue weighted by atomic mass is 35.6. The van der Waals surface area contributed by atoms with Crippen molar-refractivity contribution in [3.05, 3.63) is 0 Å². The third kappa shape index (κ3) is 14.1. The summed E-state index contributed by atoms with van der Waals surface area (Å²) in [6, 6.07) is 0. The van der Waals surface area contributed by atoms with Crippen LogP contribution in [0, 0.1) is 0 Å². The van der Waals surface area contributed by atoms with E-state index in [2.05, 4.69) is 26.9 Å². The van der Waals surface area contributed by atoms with Gasteiger partial charge in [-0.1, -0.05) is 123 Å². The molecule has 0 saturated heterocycles. The minimum atomic E-state index is -1.47. The van der Waals surface area contributed by atoms with E-state index in [9.17, 15) is 0 Å². The molecule has 0 aromatic rings. The van der Waals surface area contributed by atoms with E-state index in [-0.39, 0.29) is 0 Å². The number of hydrogen-bond acceptors (Lipinski definition) is 0. The van der Waals surface area contributed by atoms with Gasteiger partial charge >= 0.3 is 0 Å². The lowest BCUT2D eigenvalue weighted by molar-refractivity contribution is 0.525. The first-order chi connectivity index (χ1) is 10.5. The Kier molecular flexibility index (Phi) is 15.4. The Labute approximate surface area is 147 Å². The van der Waals surface area contributed by atoms with Crippen molar-refractivity contribution in [3.63, 3.8) is 0 Å². The summed E-state index contributed by atoms with van der Waals surface area (Å²) in [6.07, 6.45) is 21.2. The molecule has 2 heteroatoms. The zero-order valence-electron chi connectivity index (χ0n) is 16.1. The van der Waals surface area contributed by atoms with Crippen LogP contribution in [-0.2, 0) is 0 Å². The average molecular weight is 347 g/mol. The maximum atomic E-state index is 6.78. The molecule has 1 unspecified atom stereocenters. The Bertz CT molecular complexity index is 222. The van der Waals surface area contributed by atoms with Crippen molar-refractivity contribution in [1.82, 2.24) is 0 Å². The van der Waals surface area contributed by atoms with Crippen LogP contribution in [0.1, 0.15) is 110 Å². The summed E-state index contributed by atoms with van der Waals surface area (Å²) in [6.45, 7) is 9.30. The van der Waals surface area contributed by atoms with E-state index in [4.69, 9.17) is 11.1 Å². The highest BCUT2D eigenvalue weighted by molar-refractivity contribution is 7.19. The van der Waals surface area contributed by atoms with Crippen LogP contribution < -0.4 is 0 Å². The molecule has 0 rings (SSSR count). The summed E-state index contributed by atoms with van der Waals surface area (Å²) in [5.41, 5.74) is 0.844. The van der Waals surface area contributed by atoms with Crippen LogP contribution in [0.5, 0.6) is 0 Å². The second-order valence-corrected chi connectivity index (χ2v) is 14.6. The summed E-state index contributed by atoms with van der Waals surface area (Å²) in [4.78, 5) is 0. The molecule has 0 aromatic heterocycles. The van der Waals surface area contributed by atoms with Gasteiger partial charge in [-0.3, -0.25) is 0 Å². The lowest BCUT2D eigenvalue weighted by atomic mass is 10.0. The van der Waals surface area contributed by atoms with E-state index in [0.717, 1.165) is 5.54 Å². The third-order valence-corrected chi connectivity index (χ3v) is 8.48. The minimum absolute atomic E-state index is 0.844. The van der Waals surface area contributed by atoms with Crippen LogP contribution in [0.2, 0.25) is 18.6 Å². The normalized spacial score (nSPS) is 13.5. The van der Waals surface area contributed by atoms with E-state index >= 15 is 0 Å². The fourth-order valence-corrected chi connectivity index (χ4v) is 5.79. The fourth-order valence-electron chi connectivity index (χ4n) is 3.35. The van der Waals surface area contributed by atoms with Crippen LogP contribution in [0.3, 0.4) is 0 Å². The van der Waals surface area contributed by atoms with Crippen LogP contribution >= 0.6 is 11.1 Å². The lowest BCUT2D eigenvalue weighted by Gasteiger charge is -2.26. The maximum Gasteiger partial charge on any atom is 0.153 e. The molecule has 0 nitrogen and oxygen atoms in total. The smallest absolute Gasteiger partial charge is 0.153 e. The summed E-state index contributed by atoms with van der Waals surface area (Å²) >= 11 is 6.78. The summed E-state index contributed by atoms with van der Waals surface area (Å²) in [7, 11) is -1.47. The first-order valence-corrected chi connectivity index (χ1v) is 14.3. The van der Waals surface area contributed by atoms with Gasteiger partial charge in [0.2, 0.25) is 0 Å². The fraction of sp³-hybridized carbons (Fsp3) is 1.00. The van der Waals surface area contributed by atoms with Crippen LogP contribution in [-0.4, -0.2) is 7.38 Å². The number of hydrogen-bond donors (Lipinski definition) is 0. The first-order valence-electron chi connectivity index (χ1n) is 10.2. The Balaban J connectivity index is 3.71. The van der Waals surface area contributed by atoms with Gasteiger partial charge in [-0.25, -0.2) is 0 Å². The van der Waals surface area contributed by atoms with Crippen molar-refractivity contribution in [2.75, 3.05) is 0 Å². The second-order valence-electron chi connectivity index (χ2n) is 7.73. The van der Waals surface area contributed by atoms with E-state index in [0.29, 0.717) is 0 Å². The molecule has 0 saturated carbocycles. The Morgan fingerprint density at radius 2 is 0.909 bits per heavy atom. The third-order valence-electron chi connectivity index (χ3n) is 5.03. The molecule has 0 aliphatic carbocycles. The molecular formula is C20H43ClSi. The molecule has 1 atom stereocenters. The number of rotatable bonds is 16. The molecule has 0 bridgehead atoms. The summed E-state index contributed by atoms with van der Waals surface area (Å²) in [5.74, 6) is 0. The Hall–Kier alpha value is 0.507. The summed E-state index contributed by atoms with van der Waals surface area (Å²) < 4.78 is 0. The van der Waals surface area contributed by atoms with Crippen molar-refractivity contribution >= 4 is 18.5 Å². The topological polar surface area (TPSA) is 0 Å². The maximum absolute atomic E-state index is 6.78. The van der Waals surface area contributed by atoms with Gasteiger partial charge in [0.15, 0.2) is 7.38 Å². The first kappa shape index (κ1) is 22.5. The Morgan fingerprint density at radius 3 is 1.23 bits per heavy atom. The van der Waals surface area contributed by atoms with E-state index in [1.165, 1.54) is 96.3 Å². The monoisotopic (exact) mass is 346 g/mol. The van der Waals surface area contributed by atoms with Gasteiger partial charge in [-0.2, -0.15) is 11.1 Å². The van der Waals surface area contributed by atoms with E-state index < -0.39 is 7.38 Å². The standard InChI is InChI=1S/C20H43ClSi/c1-5-7-9-11-13-15-17-19-20(22(3,4)21)18-16-14-12-10-8-6-2/h20H,5-19H2,1-4H3. The van der Waals surface area contributed by atoms with Crippen LogP contribution in [0.25, 0.3) is 0 Å². The van der Waals surface area contributed by atoms with E-state index in [1.807, 2.05) is 0 Å². The minimum Gasteiger partial charge on any atom is -0.167 e. The average Bonchev–Trinajstić information content (AvgIpc) is 2.46. The second kappa shape index (κ2) is 15.1. The molecule has 0 amide bonds.